The Labute approximate surface area is 221 Å². The van der Waals surface area contributed by atoms with Crippen molar-refractivity contribution in [3.05, 3.63) is 105 Å². The molecule has 1 atom stereocenters. The molecule has 4 heteroatoms. The molecule has 3 aliphatic rings. The Balaban J connectivity index is 1.59. The molecule has 3 aliphatic heterocycles. The molecule has 0 aromatic heterocycles. The number of nitriles is 1. The molecule has 0 fully saturated rings. The van der Waals surface area contributed by atoms with Gasteiger partial charge in [0.25, 0.3) is 5.70 Å². The molecule has 37 heavy (non-hydrogen) atoms. The van der Waals surface area contributed by atoms with Crippen LogP contribution in [-0.4, -0.2) is 13.1 Å². The van der Waals surface area contributed by atoms with Gasteiger partial charge in [-0.2, -0.15) is 0 Å². The maximum absolute atomic E-state index is 9.59. The number of hydrogen-bond acceptors (Lipinski definition) is 3. The molecule has 1 unspecified atom stereocenters. The second kappa shape index (κ2) is 8.97. The van der Waals surface area contributed by atoms with E-state index in [4.69, 9.17) is 11.3 Å². The first-order valence-corrected chi connectivity index (χ1v) is 13.2. The van der Waals surface area contributed by atoms with Gasteiger partial charge in [0.2, 0.25) is 0 Å². The van der Waals surface area contributed by atoms with Crippen LogP contribution in [0.2, 0.25) is 0 Å². The fourth-order valence-corrected chi connectivity index (χ4v) is 6.00. The highest BCUT2D eigenvalue weighted by Gasteiger charge is 2.40. The third-order valence-electron chi connectivity index (χ3n) is 8.45. The summed E-state index contributed by atoms with van der Waals surface area (Å²) in [7, 11) is 0. The molecule has 0 saturated carbocycles. The van der Waals surface area contributed by atoms with Crippen LogP contribution >= 0.6 is 0 Å². The maximum atomic E-state index is 9.59. The van der Waals surface area contributed by atoms with Gasteiger partial charge in [-0.15, -0.1) is 0 Å². The maximum Gasteiger partial charge on any atom is 0.265 e. The first-order valence-electron chi connectivity index (χ1n) is 13.2. The second-order valence-corrected chi connectivity index (χ2v) is 12.1. The molecule has 4 nitrogen and oxygen atoms in total. The minimum Gasteiger partial charge on any atom is -0.483 e. The van der Waals surface area contributed by atoms with E-state index in [1.54, 1.807) is 0 Å². The predicted octanol–water partition coefficient (Wildman–Crippen LogP) is 7.79. The van der Waals surface area contributed by atoms with Gasteiger partial charge in [0.15, 0.2) is 0 Å². The number of ether oxygens (including phenoxy) is 1. The summed E-state index contributed by atoms with van der Waals surface area (Å²) in [4.78, 5) is 6.08. The van der Waals surface area contributed by atoms with Crippen LogP contribution in [0.5, 0.6) is 0 Å². The van der Waals surface area contributed by atoms with Gasteiger partial charge in [-0.05, 0) is 82.7 Å². The van der Waals surface area contributed by atoms with Gasteiger partial charge in [0, 0.05) is 25.2 Å². The van der Waals surface area contributed by atoms with Crippen molar-refractivity contribution in [3.8, 4) is 6.07 Å². The van der Waals surface area contributed by atoms with Crippen molar-refractivity contribution in [2.75, 3.05) is 18.0 Å². The summed E-state index contributed by atoms with van der Waals surface area (Å²) in [6, 6.07) is 16.8. The Bertz CT molecular complexity index is 1350. The van der Waals surface area contributed by atoms with Crippen molar-refractivity contribution in [1.82, 2.24) is 0 Å². The molecule has 0 radical (unpaired) electrons. The van der Waals surface area contributed by atoms with E-state index in [1.165, 1.54) is 16.8 Å². The van der Waals surface area contributed by atoms with Gasteiger partial charge < -0.3 is 9.64 Å². The van der Waals surface area contributed by atoms with Crippen molar-refractivity contribution in [2.24, 2.45) is 0 Å². The molecule has 188 valence electrons. The Morgan fingerprint density at radius 3 is 2.19 bits per heavy atom. The largest absolute Gasteiger partial charge is 0.483 e. The minimum absolute atomic E-state index is 0.123. The third kappa shape index (κ3) is 4.47. The fraction of sp³-hybridized carbons (Fsp3) is 0.394. The molecule has 0 saturated heterocycles. The van der Waals surface area contributed by atoms with E-state index in [9.17, 15) is 5.26 Å². The summed E-state index contributed by atoms with van der Waals surface area (Å²) in [5.74, 6) is 0.663. The highest BCUT2D eigenvalue weighted by atomic mass is 16.5. The van der Waals surface area contributed by atoms with Crippen LogP contribution in [0.15, 0.2) is 71.6 Å². The lowest BCUT2D eigenvalue weighted by Crippen LogP contribution is -2.44. The molecule has 0 aliphatic carbocycles. The van der Waals surface area contributed by atoms with E-state index in [0.29, 0.717) is 17.8 Å². The van der Waals surface area contributed by atoms with E-state index in [1.807, 2.05) is 49.4 Å². The first-order chi connectivity index (χ1) is 17.6. The lowest BCUT2D eigenvalue weighted by Gasteiger charge is -2.48. The molecule has 2 aromatic carbocycles. The van der Waals surface area contributed by atoms with E-state index in [2.05, 4.69) is 61.7 Å². The SMILES string of the molecule is [C-]#[N+]/C(C#N)=C1C=C(/C=C/c2cc3c4c(c2)C(C)(C)CCN4CCC3(C)C)OC(C)(c2ccccc2)C\1. The Hall–Kier alpha value is -3.76. The first kappa shape index (κ1) is 24.9. The molecule has 0 bridgehead atoms. The van der Waals surface area contributed by atoms with Crippen molar-refractivity contribution in [3.63, 3.8) is 0 Å². The average Bonchev–Trinajstić information content (AvgIpc) is 2.87. The monoisotopic (exact) mass is 489 g/mol. The molecule has 2 aromatic rings. The molecular formula is C33H35N3O. The van der Waals surface area contributed by atoms with E-state index in [-0.39, 0.29) is 16.5 Å². The smallest absolute Gasteiger partial charge is 0.265 e. The lowest BCUT2D eigenvalue weighted by atomic mass is 9.69. The van der Waals surface area contributed by atoms with Crippen LogP contribution in [0.1, 0.15) is 76.1 Å². The summed E-state index contributed by atoms with van der Waals surface area (Å²) >= 11 is 0. The van der Waals surface area contributed by atoms with Gasteiger partial charge in [-0.25, -0.2) is 10.1 Å². The second-order valence-electron chi connectivity index (χ2n) is 12.1. The van der Waals surface area contributed by atoms with Gasteiger partial charge in [0.1, 0.15) is 11.4 Å². The molecule has 0 amide bonds. The van der Waals surface area contributed by atoms with E-state index >= 15 is 0 Å². The number of hydrogen-bond donors (Lipinski definition) is 0. The van der Waals surface area contributed by atoms with E-state index in [0.717, 1.165) is 37.1 Å². The van der Waals surface area contributed by atoms with Crippen molar-refractivity contribution in [1.29, 1.82) is 5.26 Å². The summed E-state index contributed by atoms with van der Waals surface area (Å²) in [5, 5.41) is 9.59. The van der Waals surface area contributed by atoms with Crippen molar-refractivity contribution >= 4 is 11.8 Å². The number of nitrogens with zero attached hydrogens (tertiary/aromatic N) is 3. The van der Waals surface area contributed by atoms with E-state index < -0.39 is 5.60 Å². The predicted molar refractivity (Wildman–Crippen MR) is 150 cm³/mol. The zero-order chi connectivity index (χ0) is 26.4. The fourth-order valence-electron chi connectivity index (χ4n) is 6.00. The lowest BCUT2D eigenvalue weighted by molar-refractivity contribution is 0.0143. The zero-order valence-electron chi connectivity index (χ0n) is 22.6. The van der Waals surface area contributed by atoms with Crippen LogP contribution in [0.25, 0.3) is 10.9 Å². The van der Waals surface area contributed by atoms with Gasteiger partial charge in [0.05, 0.1) is 12.6 Å². The number of anilines is 1. The van der Waals surface area contributed by atoms with Gasteiger partial charge >= 0.3 is 0 Å². The Kier molecular flexibility index (Phi) is 6.04. The highest BCUT2D eigenvalue weighted by Crippen LogP contribution is 2.49. The highest BCUT2D eigenvalue weighted by molar-refractivity contribution is 5.72. The molecule has 0 spiro atoms. The zero-order valence-corrected chi connectivity index (χ0v) is 22.6. The van der Waals surface area contributed by atoms with Crippen molar-refractivity contribution in [2.45, 2.75) is 70.3 Å². The van der Waals surface area contributed by atoms with Crippen LogP contribution in [0, 0.1) is 17.9 Å². The van der Waals surface area contributed by atoms with Crippen molar-refractivity contribution < 1.29 is 4.74 Å². The topological polar surface area (TPSA) is 40.6 Å². The summed E-state index contributed by atoms with van der Waals surface area (Å²) in [5.41, 5.74) is 6.90. The van der Waals surface area contributed by atoms with Gasteiger partial charge in [-0.3, -0.25) is 0 Å². The standard InChI is InChI=1S/C33H35N3O/c1-31(2)14-16-36-17-15-32(3,4)28-19-23(18-27(31)30(28)36)12-13-26-20-24(29(22-34)35-6)21-33(5,37-26)25-10-8-7-9-11-25/h7-13,18-20H,14-17,21H2,1-5H3/b13-12+,29-24+. The van der Waals surface area contributed by atoms with Gasteiger partial charge in [-0.1, -0.05) is 64.1 Å². The number of allylic oxidation sites excluding steroid dienone is 3. The normalized spacial score (nSPS) is 24.8. The summed E-state index contributed by atoms with van der Waals surface area (Å²) in [6.45, 7) is 21.2. The minimum atomic E-state index is -0.663. The number of rotatable bonds is 3. The molecule has 3 heterocycles. The molecular weight excluding hydrogens is 454 g/mol. The molecule has 0 N–H and O–H groups in total. The Morgan fingerprint density at radius 2 is 1.62 bits per heavy atom. The summed E-state index contributed by atoms with van der Waals surface area (Å²) < 4.78 is 6.55. The van der Waals surface area contributed by atoms with Crippen LogP contribution in [-0.2, 0) is 21.2 Å². The average molecular weight is 490 g/mol. The molecule has 5 rings (SSSR count). The van der Waals surface area contributed by atoms with Crippen LogP contribution in [0.4, 0.5) is 5.69 Å². The Morgan fingerprint density at radius 1 is 1.00 bits per heavy atom. The summed E-state index contributed by atoms with van der Waals surface area (Å²) in [6.07, 6.45) is 8.76. The van der Waals surface area contributed by atoms with Crippen LogP contribution < -0.4 is 4.90 Å². The quantitative estimate of drug-likeness (QED) is 0.326. The third-order valence-corrected chi connectivity index (χ3v) is 8.45. The van der Waals surface area contributed by atoms with Crippen LogP contribution in [0.3, 0.4) is 0 Å². The number of benzene rings is 2.